The zero-order valence-corrected chi connectivity index (χ0v) is 12.6. The van der Waals surface area contributed by atoms with Gasteiger partial charge in [0.15, 0.2) is 0 Å². The maximum absolute atomic E-state index is 11.6. The Morgan fingerprint density at radius 1 is 1.15 bits per heavy atom. The minimum absolute atomic E-state index is 0.425. The number of carboxylic acid groups (broad SMARTS) is 1. The van der Waals surface area contributed by atoms with Crippen molar-refractivity contribution in [2.24, 2.45) is 0 Å². The zero-order valence-electron chi connectivity index (χ0n) is 12.6. The molecule has 1 fully saturated rings. The summed E-state index contributed by atoms with van der Waals surface area (Å²) in [7, 11) is 1.85. The van der Waals surface area contributed by atoms with Crippen molar-refractivity contribution in [3.63, 3.8) is 0 Å². The summed E-state index contributed by atoms with van der Waals surface area (Å²) in [4.78, 5) is 13.9. The summed E-state index contributed by atoms with van der Waals surface area (Å²) < 4.78 is 0. The highest BCUT2D eigenvalue weighted by molar-refractivity contribution is 5.96. The van der Waals surface area contributed by atoms with Crippen LogP contribution in [0, 0.1) is 20.8 Å². The van der Waals surface area contributed by atoms with E-state index in [9.17, 15) is 9.90 Å². The molecule has 1 heterocycles. The van der Waals surface area contributed by atoms with Gasteiger partial charge in [0.2, 0.25) is 0 Å². The minimum atomic E-state index is -0.854. The van der Waals surface area contributed by atoms with E-state index in [0.717, 1.165) is 54.2 Å². The van der Waals surface area contributed by atoms with E-state index in [1.54, 1.807) is 0 Å². The van der Waals surface area contributed by atoms with Crippen LogP contribution >= 0.6 is 0 Å². The first-order valence-corrected chi connectivity index (χ1v) is 6.99. The van der Waals surface area contributed by atoms with Crippen LogP contribution in [0.25, 0.3) is 0 Å². The number of rotatable bonds is 3. The highest BCUT2D eigenvalue weighted by atomic mass is 16.4. The van der Waals surface area contributed by atoms with Crippen molar-refractivity contribution in [3.8, 4) is 0 Å². The van der Waals surface area contributed by atoms with Gasteiger partial charge >= 0.3 is 5.97 Å². The number of nitrogens with zero attached hydrogens (tertiary/aromatic N) is 1. The fourth-order valence-corrected chi connectivity index (χ4v) is 3.26. The van der Waals surface area contributed by atoms with Gasteiger partial charge in [-0.25, -0.2) is 4.79 Å². The maximum Gasteiger partial charge on any atom is 0.336 e. The third-order valence-corrected chi connectivity index (χ3v) is 4.11. The Bertz CT molecular complexity index is 535. The number of hydrogen-bond acceptors (Lipinski definition) is 4. The molecule has 0 amide bonds. The molecule has 0 aromatic heterocycles. The molecule has 5 heteroatoms. The van der Waals surface area contributed by atoms with Gasteiger partial charge in [0, 0.05) is 44.6 Å². The van der Waals surface area contributed by atoms with Gasteiger partial charge in [-0.1, -0.05) is 0 Å². The van der Waals surface area contributed by atoms with Crippen LogP contribution in [0.3, 0.4) is 0 Å². The van der Waals surface area contributed by atoms with E-state index in [-0.39, 0.29) is 0 Å². The Morgan fingerprint density at radius 3 is 2.25 bits per heavy atom. The van der Waals surface area contributed by atoms with E-state index in [1.807, 2.05) is 20.9 Å². The van der Waals surface area contributed by atoms with Gasteiger partial charge in [-0.2, -0.15) is 0 Å². The lowest BCUT2D eigenvalue weighted by molar-refractivity contribution is 0.0695. The highest BCUT2D eigenvalue weighted by Crippen LogP contribution is 2.37. The topological polar surface area (TPSA) is 64.6 Å². The van der Waals surface area contributed by atoms with Crippen LogP contribution in [-0.2, 0) is 0 Å². The SMILES string of the molecule is CNc1c(C)c(C(=O)O)c(C)c(N2CCNCC2)c1C. The number of nitrogens with one attached hydrogen (secondary N) is 2. The second-order valence-corrected chi connectivity index (χ2v) is 5.27. The molecule has 0 radical (unpaired) electrons. The number of benzene rings is 1. The standard InChI is InChI=1S/C15H23N3O2/c1-9-12(15(19)20)10(2)14(11(3)13(9)16-4)18-7-5-17-6-8-18/h16-17H,5-8H2,1-4H3,(H,19,20). The third-order valence-electron chi connectivity index (χ3n) is 4.11. The molecular formula is C15H23N3O2. The van der Waals surface area contributed by atoms with Gasteiger partial charge < -0.3 is 20.6 Å². The smallest absolute Gasteiger partial charge is 0.336 e. The summed E-state index contributed by atoms with van der Waals surface area (Å²) >= 11 is 0. The summed E-state index contributed by atoms with van der Waals surface area (Å²) in [5, 5.41) is 16.0. The van der Waals surface area contributed by atoms with Crippen molar-refractivity contribution < 1.29 is 9.90 Å². The Balaban J connectivity index is 2.65. The molecule has 0 aliphatic carbocycles. The third kappa shape index (κ3) is 2.33. The fraction of sp³-hybridized carbons (Fsp3) is 0.533. The monoisotopic (exact) mass is 277 g/mol. The summed E-state index contributed by atoms with van der Waals surface area (Å²) in [6.45, 7) is 9.54. The summed E-state index contributed by atoms with van der Waals surface area (Å²) in [5.74, 6) is -0.854. The number of hydrogen-bond donors (Lipinski definition) is 3. The van der Waals surface area contributed by atoms with Crippen molar-refractivity contribution >= 4 is 17.3 Å². The Hall–Kier alpha value is -1.75. The van der Waals surface area contributed by atoms with E-state index in [1.165, 1.54) is 0 Å². The molecule has 1 aromatic rings. The van der Waals surface area contributed by atoms with Crippen molar-refractivity contribution in [3.05, 3.63) is 22.3 Å². The van der Waals surface area contributed by atoms with E-state index >= 15 is 0 Å². The molecule has 1 aliphatic rings. The predicted octanol–water partition coefficient (Wildman–Crippen LogP) is 1.76. The number of anilines is 2. The Kier molecular flexibility index (Phi) is 4.18. The first kappa shape index (κ1) is 14.7. The van der Waals surface area contributed by atoms with Gasteiger partial charge in [0.25, 0.3) is 0 Å². The molecule has 1 saturated heterocycles. The molecule has 0 atom stereocenters. The lowest BCUT2D eigenvalue weighted by atomic mass is 9.93. The molecule has 0 saturated carbocycles. The zero-order chi connectivity index (χ0) is 14.9. The van der Waals surface area contributed by atoms with Crippen LogP contribution in [-0.4, -0.2) is 44.3 Å². The van der Waals surface area contributed by atoms with Crippen molar-refractivity contribution in [1.29, 1.82) is 0 Å². The van der Waals surface area contributed by atoms with Crippen molar-refractivity contribution in [2.75, 3.05) is 43.4 Å². The average molecular weight is 277 g/mol. The number of aromatic carboxylic acids is 1. The van der Waals surface area contributed by atoms with Crippen LogP contribution in [0.2, 0.25) is 0 Å². The molecular weight excluding hydrogens is 254 g/mol. The van der Waals surface area contributed by atoms with E-state index < -0.39 is 5.97 Å². The lowest BCUT2D eigenvalue weighted by Gasteiger charge is -2.34. The van der Waals surface area contributed by atoms with E-state index in [4.69, 9.17) is 0 Å². The fourth-order valence-electron chi connectivity index (χ4n) is 3.26. The van der Waals surface area contributed by atoms with Gasteiger partial charge in [-0.3, -0.25) is 0 Å². The van der Waals surface area contributed by atoms with Gasteiger partial charge in [0.1, 0.15) is 0 Å². The predicted molar refractivity (Wildman–Crippen MR) is 82.2 cm³/mol. The van der Waals surface area contributed by atoms with Crippen LogP contribution < -0.4 is 15.5 Å². The first-order chi connectivity index (χ1) is 9.49. The summed E-state index contributed by atoms with van der Waals surface area (Å²) in [6.07, 6.45) is 0. The van der Waals surface area contributed by atoms with Crippen LogP contribution in [0.4, 0.5) is 11.4 Å². The molecule has 0 bridgehead atoms. The van der Waals surface area contributed by atoms with Crippen molar-refractivity contribution in [1.82, 2.24) is 5.32 Å². The molecule has 0 unspecified atom stereocenters. The molecule has 5 nitrogen and oxygen atoms in total. The lowest BCUT2D eigenvalue weighted by Crippen LogP contribution is -2.44. The van der Waals surface area contributed by atoms with Crippen molar-refractivity contribution in [2.45, 2.75) is 20.8 Å². The van der Waals surface area contributed by atoms with Crippen LogP contribution in [0.1, 0.15) is 27.0 Å². The molecule has 0 spiro atoms. The van der Waals surface area contributed by atoms with E-state index in [0.29, 0.717) is 5.56 Å². The normalized spacial score (nSPS) is 15.3. The van der Waals surface area contributed by atoms with Gasteiger partial charge in [0.05, 0.1) is 5.56 Å². The molecule has 1 aromatic carbocycles. The number of piperazine rings is 1. The largest absolute Gasteiger partial charge is 0.478 e. The quantitative estimate of drug-likeness (QED) is 0.786. The maximum atomic E-state index is 11.6. The van der Waals surface area contributed by atoms with Gasteiger partial charge in [-0.15, -0.1) is 0 Å². The Morgan fingerprint density at radius 2 is 1.75 bits per heavy atom. The number of carboxylic acids is 1. The molecule has 110 valence electrons. The Labute approximate surface area is 120 Å². The average Bonchev–Trinajstić information content (AvgIpc) is 2.39. The number of carbonyl (C=O) groups is 1. The van der Waals surface area contributed by atoms with Crippen LogP contribution in [0.5, 0.6) is 0 Å². The van der Waals surface area contributed by atoms with Crippen LogP contribution in [0.15, 0.2) is 0 Å². The van der Waals surface area contributed by atoms with E-state index in [2.05, 4.69) is 22.5 Å². The second-order valence-electron chi connectivity index (χ2n) is 5.27. The van der Waals surface area contributed by atoms with Gasteiger partial charge in [-0.05, 0) is 37.5 Å². The summed E-state index contributed by atoms with van der Waals surface area (Å²) in [6, 6.07) is 0. The molecule has 3 N–H and O–H groups in total. The first-order valence-electron chi connectivity index (χ1n) is 6.99. The molecule has 1 aliphatic heterocycles. The minimum Gasteiger partial charge on any atom is -0.478 e. The second kappa shape index (κ2) is 5.71. The molecule has 20 heavy (non-hydrogen) atoms. The highest BCUT2D eigenvalue weighted by Gasteiger charge is 2.24. The summed E-state index contributed by atoms with van der Waals surface area (Å²) in [5.41, 5.74) is 5.24. The molecule has 2 rings (SSSR count).